The van der Waals surface area contributed by atoms with Gasteiger partial charge in [0.05, 0.1) is 16.3 Å². The molecule has 1 N–H and O–H groups in total. The Labute approximate surface area is 150 Å². The van der Waals surface area contributed by atoms with Crippen molar-refractivity contribution >= 4 is 52.4 Å². The first-order valence-corrected chi connectivity index (χ1v) is 7.72. The van der Waals surface area contributed by atoms with Crippen molar-refractivity contribution in [3.8, 4) is 0 Å². The minimum Gasteiger partial charge on any atom is -0.455 e. The zero-order valence-electron chi connectivity index (χ0n) is 12.1. The number of halogens is 6. The number of hydrogen-bond donors (Lipinski definition) is 1. The van der Waals surface area contributed by atoms with Crippen molar-refractivity contribution in [2.24, 2.45) is 5.41 Å². The number of nitrogens with one attached hydrogen (secondary N) is 1. The smallest absolute Gasteiger partial charge is 0.416 e. The van der Waals surface area contributed by atoms with E-state index < -0.39 is 40.0 Å². The molecule has 0 spiro atoms. The predicted octanol–water partition coefficient (Wildman–Crippen LogP) is 4.42. The van der Waals surface area contributed by atoms with Crippen LogP contribution in [0, 0.1) is 5.41 Å². The van der Waals surface area contributed by atoms with Crippen LogP contribution in [0.15, 0.2) is 18.2 Å². The summed E-state index contributed by atoms with van der Waals surface area (Å²) >= 11 is 17.4. The Morgan fingerprint density at radius 2 is 1.92 bits per heavy atom. The summed E-state index contributed by atoms with van der Waals surface area (Å²) in [7, 11) is 0. The Hall–Kier alpha value is -1.18. The van der Waals surface area contributed by atoms with Crippen LogP contribution in [0.5, 0.6) is 0 Å². The van der Waals surface area contributed by atoms with E-state index in [0.29, 0.717) is 6.07 Å². The number of carbonyl (C=O) groups is 2. The quantitative estimate of drug-likeness (QED) is 0.597. The number of amides is 1. The summed E-state index contributed by atoms with van der Waals surface area (Å²) in [4.78, 5) is 23.6. The van der Waals surface area contributed by atoms with Gasteiger partial charge in [0.2, 0.25) is 0 Å². The largest absolute Gasteiger partial charge is 0.455 e. The van der Waals surface area contributed by atoms with E-state index in [2.05, 4.69) is 5.32 Å². The van der Waals surface area contributed by atoms with Crippen molar-refractivity contribution in [2.75, 3.05) is 11.9 Å². The molecule has 1 saturated carbocycles. The maximum Gasteiger partial charge on any atom is 0.416 e. The lowest BCUT2D eigenvalue weighted by molar-refractivity contribution is -0.152. The van der Waals surface area contributed by atoms with Gasteiger partial charge in [-0.25, -0.2) is 0 Å². The average Bonchev–Trinajstić information content (AvgIpc) is 2.97. The summed E-state index contributed by atoms with van der Waals surface area (Å²) in [6.07, 6.45) is -4.40. The highest BCUT2D eigenvalue weighted by Crippen LogP contribution is 2.64. The molecule has 0 aromatic heterocycles. The fraction of sp³-hybridized carbons (Fsp3) is 0.429. The molecule has 1 aromatic carbocycles. The average molecular weight is 405 g/mol. The highest BCUT2D eigenvalue weighted by atomic mass is 35.5. The molecule has 0 bridgehead atoms. The Balaban J connectivity index is 1.97. The molecule has 0 radical (unpaired) electrons. The molecule has 4 nitrogen and oxygen atoms in total. The Morgan fingerprint density at radius 1 is 1.33 bits per heavy atom. The van der Waals surface area contributed by atoms with Crippen LogP contribution < -0.4 is 5.32 Å². The van der Waals surface area contributed by atoms with Gasteiger partial charge in [0.15, 0.2) is 6.61 Å². The van der Waals surface area contributed by atoms with Crippen LogP contribution in [-0.4, -0.2) is 22.8 Å². The molecule has 2 rings (SSSR count). The second kappa shape index (κ2) is 6.28. The first-order valence-electron chi connectivity index (χ1n) is 6.58. The minimum atomic E-state index is -4.58. The summed E-state index contributed by atoms with van der Waals surface area (Å²) in [5.74, 6) is -1.61. The van der Waals surface area contributed by atoms with Gasteiger partial charge in [0.1, 0.15) is 9.75 Å². The maximum absolute atomic E-state index is 12.7. The highest BCUT2D eigenvalue weighted by molar-refractivity contribution is 6.53. The number of hydrogen-bond acceptors (Lipinski definition) is 3. The first kappa shape index (κ1) is 19.1. The van der Waals surface area contributed by atoms with Crippen LogP contribution >= 0.6 is 34.8 Å². The summed E-state index contributed by atoms with van der Waals surface area (Å²) in [5.41, 5.74) is -2.32. The minimum absolute atomic E-state index is 0.0858. The highest BCUT2D eigenvalue weighted by Gasteiger charge is 2.69. The van der Waals surface area contributed by atoms with E-state index in [1.165, 1.54) is 6.92 Å². The molecule has 132 valence electrons. The van der Waals surface area contributed by atoms with Gasteiger partial charge >= 0.3 is 12.1 Å². The molecule has 0 unspecified atom stereocenters. The molecule has 0 heterocycles. The number of benzene rings is 1. The fourth-order valence-corrected chi connectivity index (χ4v) is 2.75. The van der Waals surface area contributed by atoms with E-state index >= 15 is 0 Å². The first-order chi connectivity index (χ1) is 10.9. The summed E-state index contributed by atoms with van der Waals surface area (Å²) < 4.78 is 41.5. The van der Waals surface area contributed by atoms with Crippen molar-refractivity contribution in [3.63, 3.8) is 0 Å². The second-order valence-electron chi connectivity index (χ2n) is 5.53. The predicted molar refractivity (Wildman–Crippen MR) is 83.2 cm³/mol. The lowest BCUT2D eigenvalue weighted by Gasteiger charge is -2.13. The normalized spacial score (nSPS) is 22.0. The van der Waals surface area contributed by atoms with Gasteiger partial charge in [-0.2, -0.15) is 13.2 Å². The number of esters is 1. The van der Waals surface area contributed by atoms with E-state index in [1.54, 1.807) is 0 Å². The molecule has 1 amide bonds. The van der Waals surface area contributed by atoms with Crippen molar-refractivity contribution in [1.82, 2.24) is 0 Å². The topological polar surface area (TPSA) is 55.4 Å². The third-order valence-electron chi connectivity index (χ3n) is 3.61. The Morgan fingerprint density at radius 3 is 2.42 bits per heavy atom. The molecule has 1 aromatic rings. The molecule has 1 aliphatic carbocycles. The number of anilines is 1. The van der Waals surface area contributed by atoms with E-state index in [1.807, 2.05) is 0 Å². The van der Waals surface area contributed by atoms with Crippen LogP contribution in [-0.2, 0) is 20.5 Å². The van der Waals surface area contributed by atoms with E-state index in [0.717, 1.165) is 12.1 Å². The Bertz CT molecular complexity index is 694. The summed E-state index contributed by atoms with van der Waals surface area (Å²) in [6.45, 7) is 0.780. The van der Waals surface area contributed by atoms with Crippen molar-refractivity contribution < 1.29 is 27.5 Å². The second-order valence-corrected chi connectivity index (χ2v) is 7.42. The molecule has 24 heavy (non-hydrogen) atoms. The number of ether oxygens (including phenoxy) is 1. The van der Waals surface area contributed by atoms with Crippen molar-refractivity contribution in [2.45, 2.75) is 23.9 Å². The maximum atomic E-state index is 12.7. The number of rotatable bonds is 4. The third-order valence-corrected chi connectivity index (χ3v) is 5.04. The van der Waals surface area contributed by atoms with Gasteiger partial charge in [-0.1, -0.05) is 11.6 Å². The van der Waals surface area contributed by atoms with Gasteiger partial charge in [-0.05, 0) is 25.1 Å². The van der Waals surface area contributed by atoms with Gasteiger partial charge < -0.3 is 10.1 Å². The van der Waals surface area contributed by atoms with Gasteiger partial charge in [-0.3, -0.25) is 9.59 Å². The molecule has 1 fully saturated rings. The van der Waals surface area contributed by atoms with Crippen LogP contribution in [0.2, 0.25) is 5.02 Å². The van der Waals surface area contributed by atoms with Gasteiger partial charge in [-0.15, -0.1) is 23.2 Å². The van der Waals surface area contributed by atoms with Crippen LogP contribution in [0.3, 0.4) is 0 Å². The summed E-state index contributed by atoms with van der Waals surface area (Å²) in [6, 6.07) is 2.48. The number of alkyl halides is 5. The Kier molecular flexibility index (Phi) is 5.01. The fourth-order valence-electron chi connectivity index (χ4n) is 1.90. The SMILES string of the molecule is C[C@]1(C(=O)OCC(=O)Nc2cc(C(F)(F)F)ccc2Cl)CC1(Cl)Cl. The molecule has 0 saturated heterocycles. The van der Waals surface area contributed by atoms with Crippen molar-refractivity contribution in [1.29, 1.82) is 0 Å². The lowest BCUT2D eigenvalue weighted by atomic mass is 10.1. The van der Waals surface area contributed by atoms with Crippen LogP contribution in [0.4, 0.5) is 18.9 Å². The monoisotopic (exact) mass is 403 g/mol. The van der Waals surface area contributed by atoms with Crippen LogP contribution in [0.1, 0.15) is 18.9 Å². The third kappa shape index (κ3) is 3.90. The molecule has 1 aliphatic rings. The molecular weight excluding hydrogens is 394 g/mol. The zero-order valence-corrected chi connectivity index (χ0v) is 14.4. The standard InChI is InChI=1S/C14H11Cl3F3NO3/c1-12(6-13(12,16)17)11(23)24-5-10(22)21-9-4-7(14(18,19)20)2-3-8(9)15/h2-4H,5-6H2,1H3,(H,21,22)/t12-/m1/s1. The van der Waals surface area contributed by atoms with E-state index in [9.17, 15) is 22.8 Å². The number of carbonyl (C=O) groups excluding carboxylic acids is 2. The van der Waals surface area contributed by atoms with Crippen molar-refractivity contribution in [3.05, 3.63) is 28.8 Å². The molecular formula is C14H11Cl3F3NO3. The molecule has 0 aliphatic heterocycles. The molecule has 1 atom stereocenters. The van der Waals surface area contributed by atoms with Gasteiger partial charge in [0.25, 0.3) is 5.91 Å². The van der Waals surface area contributed by atoms with Gasteiger partial charge in [0, 0.05) is 6.42 Å². The lowest BCUT2D eigenvalue weighted by Crippen LogP contribution is -2.27. The van der Waals surface area contributed by atoms with E-state index in [4.69, 9.17) is 39.5 Å². The van der Waals surface area contributed by atoms with E-state index in [-0.39, 0.29) is 17.1 Å². The summed E-state index contributed by atoms with van der Waals surface area (Å²) in [5, 5.41) is 2.07. The zero-order chi connectivity index (χ0) is 18.3. The van der Waals surface area contributed by atoms with Crippen LogP contribution in [0.25, 0.3) is 0 Å². The molecule has 10 heteroatoms.